The zero-order chi connectivity index (χ0) is 10.7. The van der Waals surface area contributed by atoms with Crippen molar-refractivity contribution in [2.75, 3.05) is 18.1 Å². The number of hydrogen-bond donors (Lipinski definition) is 2. The maximum absolute atomic E-state index is 9.23. The molecule has 1 atom stereocenters. The lowest BCUT2D eigenvalue weighted by Gasteiger charge is -2.25. The van der Waals surface area contributed by atoms with Crippen LogP contribution in [0.4, 0.5) is 5.82 Å². The van der Waals surface area contributed by atoms with Crippen molar-refractivity contribution >= 4 is 5.82 Å². The van der Waals surface area contributed by atoms with Crippen molar-refractivity contribution in [3.63, 3.8) is 0 Å². The maximum atomic E-state index is 9.23. The molecule has 1 aromatic rings. The lowest BCUT2D eigenvalue weighted by Crippen LogP contribution is -2.33. The minimum absolute atomic E-state index is 0.00216. The van der Waals surface area contributed by atoms with Gasteiger partial charge in [-0.1, -0.05) is 6.07 Å². The summed E-state index contributed by atoms with van der Waals surface area (Å²) < 4.78 is 0. The second-order valence-corrected chi connectivity index (χ2v) is 3.82. The molecule has 1 aliphatic heterocycles. The van der Waals surface area contributed by atoms with E-state index in [0.717, 1.165) is 30.8 Å². The second-order valence-electron chi connectivity index (χ2n) is 3.82. The first-order valence-electron chi connectivity index (χ1n) is 5.29. The molecule has 1 aliphatic rings. The first kappa shape index (κ1) is 10.4. The van der Waals surface area contributed by atoms with Gasteiger partial charge in [-0.05, 0) is 18.9 Å². The van der Waals surface area contributed by atoms with Crippen LogP contribution < -0.4 is 4.90 Å². The van der Waals surface area contributed by atoms with Crippen LogP contribution in [-0.4, -0.2) is 34.4 Å². The van der Waals surface area contributed by atoms with Gasteiger partial charge in [0.05, 0.1) is 19.3 Å². The number of aliphatic hydroxyl groups excluding tert-OH is 2. The van der Waals surface area contributed by atoms with Crippen LogP contribution in [0, 0.1) is 0 Å². The minimum atomic E-state index is -0.00216. The van der Waals surface area contributed by atoms with Crippen LogP contribution in [0.5, 0.6) is 0 Å². The Morgan fingerprint density at radius 1 is 1.47 bits per heavy atom. The molecule has 0 spiro atoms. The Hall–Kier alpha value is -1.13. The molecule has 0 radical (unpaired) electrons. The zero-order valence-corrected chi connectivity index (χ0v) is 8.63. The standard InChI is InChI=1S/C11H16N2O2/c14-7-9-3-1-5-12-11(9)13-6-2-4-10(13)8-15/h1,3,5,10,14-15H,2,4,6-8H2. The molecule has 2 N–H and O–H groups in total. The normalized spacial score (nSPS) is 20.9. The zero-order valence-electron chi connectivity index (χ0n) is 8.63. The lowest BCUT2D eigenvalue weighted by atomic mass is 10.2. The SMILES string of the molecule is OCc1cccnc1N1CCCC1CO. The monoisotopic (exact) mass is 208 g/mol. The molecule has 0 aliphatic carbocycles. The molecule has 15 heavy (non-hydrogen) atoms. The van der Waals surface area contributed by atoms with E-state index in [9.17, 15) is 10.2 Å². The highest BCUT2D eigenvalue weighted by Crippen LogP contribution is 2.26. The topological polar surface area (TPSA) is 56.6 Å². The maximum Gasteiger partial charge on any atom is 0.134 e. The summed E-state index contributed by atoms with van der Waals surface area (Å²) in [5.41, 5.74) is 0.831. The first-order valence-corrected chi connectivity index (χ1v) is 5.29. The highest BCUT2D eigenvalue weighted by molar-refractivity contribution is 5.48. The summed E-state index contributed by atoms with van der Waals surface area (Å²) in [6.45, 7) is 1.06. The number of anilines is 1. The van der Waals surface area contributed by atoms with E-state index in [1.807, 2.05) is 12.1 Å². The van der Waals surface area contributed by atoms with E-state index in [0.29, 0.717) is 0 Å². The molecule has 0 aromatic carbocycles. The number of pyridine rings is 1. The van der Waals surface area contributed by atoms with Gasteiger partial charge in [-0.15, -0.1) is 0 Å². The predicted molar refractivity (Wildman–Crippen MR) is 57.6 cm³/mol. The third-order valence-corrected chi connectivity index (χ3v) is 2.90. The van der Waals surface area contributed by atoms with E-state index < -0.39 is 0 Å². The van der Waals surface area contributed by atoms with Gasteiger partial charge in [-0.25, -0.2) is 4.98 Å². The lowest BCUT2D eigenvalue weighted by molar-refractivity contribution is 0.263. The molecule has 1 unspecified atom stereocenters. The van der Waals surface area contributed by atoms with Gasteiger partial charge in [-0.3, -0.25) is 0 Å². The van der Waals surface area contributed by atoms with Gasteiger partial charge in [0.15, 0.2) is 0 Å². The van der Waals surface area contributed by atoms with E-state index in [1.54, 1.807) is 6.20 Å². The van der Waals surface area contributed by atoms with E-state index in [1.165, 1.54) is 0 Å². The van der Waals surface area contributed by atoms with Gasteiger partial charge in [0, 0.05) is 18.3 Å². The summed E-state index contributed by atoms with van der Waals surface area (Å²) >= 11 is 0. The minimum Gasteiger partial charge on any atom is -0.394 e. The van der Waals surface area contributed by atoms with Gasteiger partial charge >= 0.3 is 0 Å². The molecule has 2 rings (SSSR count). The Kier molecular flexibility index (Phi) is 3.18. The number of aliphatic hydroxyl groups is 2. The van der Waals surface area contributed by atoms with Gasteiger partial charge in [0.2, 0.25) is 0 Å². The predicted octanol–water partition coefficient (Wildman–Crippen LogP) is 0.535. The Bertz CT molecular complexity index is 330. The second kappa shape index (κ2) is 4.59. The van der Waals surface area contributed by atoms with Gasteiger partial charge in [0.1, 0.15) is 5.82 Å². The van der Waals surface area contributed by atoms with Gasteiger partial charge in [-0.2, -0.15) is 0 Å². The van der Waals surface area contributed by atoms with E-state index >= 15 is 0 Å². The van der Waals surface area contributed by atoms with Crippen LogP contribution in [0.3, 0.4) is 0 Å². The van der Waals surface area contributed by atoms with Crippen molar-refractivity contribution in [1.29, 1.82) is 0 Å². The van der Waals surface area contributed by atoms with Crippen molar-refractivity contribution in [1.82, 2.24) is 4.98 Å². The van der Waals surface area contributed by atoms with E-state index in [-0.39, 0.29) is 19.3 Å². The third kappa shape index (κ3) is 1.96. The average Bonchev–Trinajstić information content (AvgIpc) is 2.76. The Morgan fingerprint density at radius 2 is 2.33 bits per heavy atom. The molecule has 2 heterocycles. The summed E-state index contributed by atoms with van der Waals surface area (Å²) in [6, 6.07) is 3.85. The van der Waals surface area contributed by atoms with Crippen LogP contribution in [0.1, 0.15) is 18.4 Å². The molecule has 1 aromatic heterocycles. The van der Waals surface area contributed by atoms with Crippen molar-refractivity contribution in [3.8, 4) is 0 Å². The summed E-state index contributed by atoms with van der Waals surface area (Å²) in [4.78, 5) is 6.37. The molecular weight excluding hydrogens is 192 g/mol. The summed E-state index contributed by atoms with van der Waals surface area (Å²) in [6.07, 6.45) is 3.80. The van der Waals surface area contributed by atoms with Crippen LogP contribution in [0.25, 0.3) is 0 Å². The molecule has 1 fully saturated rings. The number of aromatic nitrogens is 1. The smallest absolute Gasteiger partial charge is 0.134 e. The highest BCUT2D eigenvalue weighted by Gasteiger charge is 2.26. The molecule has 0 amide bonds. The fourth-order valence-corrected chi connectivity index (χ4v) is 2.12. The van der Waals surface area contributed by atoms with Crippen molar-refractivity contribution in [2.45, 2.75) is 25.5 Å². The van der Waals surface area contributed by atoms with Crippen molar-refractivity contribution in [2.24, 2.45) is 0 Å². The van der Waals surface area contributed by atoms with Crippen molar-refractivity contribution in [3.05, 3.63) is 23.9 Å². The van der Waals surface area contributed by atoms with Crippen LogP contribution in [0.2, 0.25) is 0 Å². The van der Waals surface area contributed by atoms with Crippen LogP contribution in [-0.2, 0) is 6.61 Å². The quantitative estimate of drug-likeness (QED) is 0.761. The van der Waals surface area contributed by atoms with E-state index in [4.69, 9.17) is 0 Å². The third-order valence-electron chi connectivity index (χ3n) is 2.90. The Morgan fingerprint density at radius 3 is 3.07 bits per heavy atom. The number of rotatable bonds is 3. The summed E-state index contributed by atoms with van der Waals surface area (Å²) in [7, 11) is 0. The fourth-order valence-electron chi connectivity index (χ4n) is 2.12. The summed E-state index contributed by atoms with van der Waals surface area (Å²) in [5.74, 6) is 0.816. The van der Waals surface area contributed by atoms with Crippen LogP contribution >= 0.6 is 0 Å². The summed E-state index contributed by atoms with van der Waals surface area (Å²) in [5, 5.41) is 18.4. The van der Waals surface area contributed by atoms with Crippen molar-refractivity contribution < 1.29 is 10.2 Å². The average molecular weight is 208 g/mol. The van der Waals surface area contributed by atoms with Gasteiger partial charge < -0.3 is 15.1 Å². The van der Waals surface area contributed by atoms with Crippen LogP contribution in [0.15, 0.2) is 18.3 Å². The highest BCUT2D eigenvalue weighted by atomic mass is 16.3. The molecule has 0 saturated carbocycles. The molecule has 0 bridgehead atoms. The molecule has 1 saturated heterocycles. The molecular formula is C11H16N2O2. The van der Waals surface area contributed by atoms with E-state index in [2.05, 4.69) is 9.88 Å². The fraction of sp³-hybridized carbons (Fsp3) is 0.545. The number of hydrogen-bond acceptors (Lipinski definition) is 4. The molecule has 4 nitrogen and oxygen atoms in total. The molecule has 82 valence electrons. The number of nitrogens with zero attached hydrogens (tertiary/aromatic N) is 2. The Balaban J connectivity index is 2.27. The molecule has 4 heteroatoms. The first-order chi connectivity index (χ1) is 7.36. The largest absolute Gasteiger partial charge is 0.394 e. The Labute approximate surface area is 89.2 Å². The van der Waals surface area contributed by atoms with Gasteiger partial charge in [0.25, 0.3) is 0 Å².